The number of aliphatic hydroxyl groups is 1. The second-order valence-electron chi connectivity index (χ2n) is 7.63. The van der Waals surface area contributed by atoms with E-state index in [1.807, 2.05) is 41.3 Å². The van der Waals surface area contributed by atoms with Crippen LogP contribution in [0.15, 0.2) is 40.9 Å². The highest BCUT2D eigenvalue weighted by atomic mass is 16.5. The molecule has 6 nitrogen and oxygen atoms in total. The molecule has 6 heteroatoms. The number of rotatable bonds is 4. The minimum absolute atomic E-state index is 0.0720. The molecule has 3 heterocycles. The Morgan fingerprint density at radius 2 is 2.00 bits per heavy atom. The monoisotopic (exact) mass is 370 g/mol. The molecule has 2 fully saturated rings. The summed E-state index contributed by atoms with van der Waals surface area (Å²) in [5.41, 5.74) is 0.904. The van der Waals surface area contributed by atoms with E-state index in [-0.39, 0.29) is 12.0 Å². The zero-order valence-electron chi connectivity index (χ0n) is 15.5. The lowest BCUT2D eigenvalue weighted by atomic mass is 9.87. The van der Waals surface area contributed by atoms with Crippen LogP contribution in [0.5, 0.6) is 0 Å². The fraction of sp³-hybridized carbons (Fsp3) is 0.524. The molecule has 1 amide bonds. The normalized spacial score (nSPS) is 22.6. The van der Waals surface area contributed by atoms with Crippen molar-refractivity contribution in [1.82, 2.24) is 10.1 Å². The van der Waals surface area contributed by atoms with E-state index in [1.165, 1.54) is 0 Å². The van der Waals surface area contributed by atoms with Crippen LogP contribution in [0.3, 0.4) is 0 Å². The molecule has 2 saturated heterocycles. The van der Waals surface area contributed by atoms with Gasteiger partial charge in [0, 0.05) is 37.7 Å². The number of piperidine rings is 1. The first-order valence-electron chi connectivity index (χ1n) is 9.77. The Kier molecular flexibility index (Phi) is 5.27. The largest absolute Gasteiger partial charge is 0.389 e. The van der Waals surface area contributed by atoms with Crippen LogP contribution < -0.4 is 0 Å². The van der Waals surface area contributed by atoms with E-state index in [0.29, 0.717) is 44.7 Å². The Labute approximate surface area is 159 Å². The fourth-order valence-corrected chi connectivity index (χ4v) is 3.92. The molecule has 0 bridgehead atoms. The van der Waals surface area contributed by atoms with Crippen molar-refractivity contribution < 1.29 is 19.2 Å². The van der Waals surface area contributed by atoms with Crippen molar-refractivity contribution in [3.63, 3.8) is 0 Å². The zero-order valence-corrected chi connectivity index (χ0v) is 15.5. The molecule has 0 saturated carbocycles. The van der Waals surface area contributed by atoms with Crippen molar-refractivity contribution in [2.75, 3.05) is 19.7 Å². The summed E-state index contributed by atoms with van der Waals surface area (Å²) >= 11 is 0. The van der Waals surface area contributed by atoms with Gasteiger partial charge in [-0.2, -0.15) is 0 Å². The average Bonchev–Trinajstić information content (AvgIpc) is 3.17. The van der Waals surface area contributed by atoms with Crippen LogP contribution in [0, 0.1) is 0 Å². The summed E-state index contributed by atoms with van der Waals surface area (Å²) in [6, 6.07) is 11.7. The second kappa shape index (κ2) is 7.82. The van der Waals surface area contributed by atoms with E-state index in [0.717, 1.165) is 30.5 Å². The maximum atomic E-state index is 12.6. The third-order valence-corrected chi connectivity index (χ3v) is 5.59. The van der Waals surface area contributed by atoms with Crippen LogP contribution in [0.2, 0.25) is 0 Å². The van der Waals surface area contributed by atoms with Crippen molar-refractivity contribution in [3.8, 4) is 11.3 Å². The highest BCUT2D eigenvalue weighted by Gasteiger charge is 2.37. The number of hydrogen-bond donors (Lipinski definition) is 1. The van der Waals surface area contributed by atoms with Crippen LogP contribution in [-0.2, 0) is 16.0 Å². The number of amides is 1. The van der Waals surface area contributed by atoms with Crippen molar-refractivity contribution in [3.05, 3.63) is 42.2 Å². The van der Waals surface area contributed by atoms with Crippen molar-refractivity contribution in [2.24, 2.45) is 0 Å². The Balaban J connectivity index is 1.34. The van der Waals surface area contributed by atoms with Gasteiger partial charge in [-0.15, -0.1) is 0 Å². The molecule has 27 heavy (non-hydrogen) atoms. The number of likely N-dealkylation sites (tertiary alicyclic amines) is 1. The first-order chi connectivity index (χ1) is 13.1. The van der Waals surface area contributed by atoms with Crippen LogP contribution in [0.1, 0.15) is 37.9 Å². The van der Waals surface area contributed by atoms with Crippen molar-refractivity contribution in [1.29, 1.82) is 0 Å². The minimum atomic E-state index is -0.863. The highest BCUT2D eigenvalue weighted by molar-refractivity contribution is 5.81. The predicted molar refractivity (Wildman–Crippen MR) is 100.0 cm³/mol. The van der Waals surface area contributed by atoms with Gasteiger partial charge >= 0.3 is 0 Å². The van der Waals surface area contributed by atoms with Gasteiger partial charge in [-0.1, -0.05) is 35.5 Å². The van der Waals surface area contributed by atoms with Crippen molar-refractivity contribution >= 4 is 5.91 Å². The number of aromatic nitrogens is 1. The Hall–Kier alpha value is -2.18. The summed E-state index contributed by atoms with van der Waals surface area (Å²) in [6.07, 6.45) is 4.07. The molecule has 2 aliphatic rings. The molecule has 1 aromatic carbocycles. The average molecular weight is 370 g/mol. The van der Waals surface area contributed by atoms with Crippen molar-refractivity contribution in [2.45, 2.75) is 50.2 Å². The molecule has 1 atom stereocenters. The van der Waals surface area contributed by atoms with Crippen LogP contribution in [0.4, 0.5) is 0 Å². The molecule has 1 N–H and O–H groups in total. The SMILES string of the molecule is O=C([C@@H]1CCCCO1)N1CCC(O)(Cc2cc(-c3ccccc3)no2)CC1. The molecule has 4 rings (SSSR count). The van der Waals surface area contributed by atoms with E-state index in [9.17, 15) is 9.90 Å². The lowest BCUT2D eigenvalue weighted by molar-refractivity contribution is -0.150. The van der Waals surface area contributed by atoms with Gasteiger partial charge < -0.3 is 19.3 Å². The molecular formula is C21H26N2O4. The lowest BCUT2D eigenvalue weighted by Gasteiger charge is -2.39. The van der Waals surface area contributed by atoms with Gasteiger partial charge in [-0.3, -0.25) is 4.79 Å². The smallest absolute Gasteiger partial charge is 0.251 e. The van der Waals surface area contributed by atoms with E-state index in [2.05, 4.69) is 5.16 Å². The quantitative estimate of drug-likeness (QED) is 0.896. The maximum Gasteiger partial charge on any atom is 0.251 e. The summed E-state index contributed by atoms with van der Waals surface area (Å²) in [5.74, 6) is 0.745. The fourth-order valence-electron chi connectivity index (χ4n) is 3.92. The first-order valence-corrected chi connectivity index (χ1v) is 9.77. The summed E-state index contributed by atoms with van der Waals surface area (Å²) in [4.78, 5) is 14.4. The van der Waals surface area contributed by atoms with Gasteiger partial charge in [0.15, 0.2) is 0 Å². The topological polar surface area (TPSA) is 75.8 Å². The lowest BCUT2D eigenvalue weighted by Crippen LogP contribution is -2.51. The molecule has 144 valence electrons. The molecule has 0 radical (unpaired) electrons. The highest BCUT2D eigenvalue weighted by Crippen LogP contribution is 2.29. The summed E-state index contributed by atoms with van der Waals surface area (Å²) in [7, 11) is 0. The standard InChI is InChI=1S/C21H26N2O4/c24-20(19-8-4-5-13-26-19)23-11-9-21(25,10-12-23)15-17-14-18(22-27-17)16-6-2-1-3-7-16/h1-3,6-7,14,19,25H,4-5,8-13,15H2/t19-/m0/s1. The van der Waals surface area contributed by atoms with Crippen LogP contribution in [-0.4, -0.2) is 52.5 Å². The number of nitrogens with zero attached hydrogens (tertiary/aromatic N) is 2. The van der Waals surface area contributed by atoms with Gasteiger partial charge in [0.1, 0.15) is 17.6 Å². The predicted octanol–water partition coefficient (Wildman–Crippen LogP) is 2.81. The van der Waals surface area contributed by atoms with E-state index in [1.54, 1.807) is 0 Å². The molecular weight excluding hydrogens is 344 g/mol. The number of ether oxygens (including phenoxy) is 1. The first kappa shape index (κ1) is 18.2. The minimum Gasteiger partial charge on any atom is -0.389 e. The summed E-state index contributed by atoms with van der Waals surface area (Å²) < 4.78 is 11.1. The Bertz CT molecular complexity index is 759. The number of carbonyl (C=O) groups excluding carboxylic acids is 1. The van der Waals surface area contributed by atoms with E-state index >= 15 is 0 Å². The third-order valence-electron chi connectivity index (χ3n) is 5.59. The molecule has 2 aromatic rings. The second-order valence-corrected chi connectivity index (χ2v) is 7.63. The Morgan fingerprint density at radius 3 is 2.70 bits per heavy atom. The van der Waals surface area contributed by atoms with Gasteiger partial charge in [0.2, 0.25) is 0 Å². The van der Waals surface area contributed by atoms with E-state index in [4.69, 9.17) is 9.26 Å². The summed E-state index contributed by atoms with van der Waals surface area (Å²) in [5, 5.41) is 15.1. The van der Waals surface area contributed by atoms with Crippen LogP contribution >= 0.6 is 0 Å². The molecule has 1 aromatic heterocycles. The zero-order chi connectivity index (χ0) is 18.7. The van der Waals surface area contributed by atoms with Gasteiger partial charge in [0.25, 0.3) is 5.91 Å². The van der Waals surface area contributed by atoms with Gasteiger partial charge in [-0.25, -0.2) is 0 Å². The molecule has 0 aliphatic carbocycles. The van der Waals surface area contributed by atoms with Gasteiger partial charge in [0.05, 0.1) is 5.60 Å². The number of benzene rings is 1. The molecule has 2 aliphatic heterocycles. The summed E-state index contributed by atoms with van der Waals surface area (Å²) in [6.45, 7) is 1.77. The number of hydrogen-bond acceptors (Lipinski definition) is 5. The third kappa shape index (κ3) is 4.22. The molecule has 0 unspecified atom stereocenters. The van der Waals surface area contributed by atoms with E-state index < -0.39 is 5.60 Å². The van der Waals surface area contributed by atoms with Gasteiger partial charge in [-0.05, 0) is 32.1 Å². The maximum absolute atomic E-state index is 12.6. The Morgan fingerprint density at radius 1 is 1.22 bits per heavy atom. The number of carbonyl (C=O) groups is 1. The van der Waals surface area contributed by atoms with Crippen LogP contribution in [0.25, 0.3) is 11.3 Å². The molecule has 0 spiro atoms.